The number of hydrogen-bond acceptors (Lipinski definition) is 4. The quantitative estimate of drug-likeness (QED) is 0.524. The van der Waals surface area contributed by atoms with Crippen LogP contribution in [0.1, 0.15) is 54.3 Å². The molecular formula is C26H28FNO5. The second kappa shape index (κ2) is 8.15. The van der Waals surface area contributed by atoms with Gasteiger partial charge in [0.1, 0.15) is 11.6 Å². The summed E-state index contributed by atoms with van der Waals surface area (Å²) in [6, 6.07) is 10.3. The van der Waals surface area contributed by atoms with Crippen LogP contribution in [0.4, 0.5) is 4.39 Å². The van der Waals surface area contributed by atoms with Crippen molar-refractivity contribution < 1.29 is 29.2 Å². The number of nitrogens with zero attached hydrogens (tertiary/aromatic N) is 1. The van der Waals surface area contributed by atoms with Gasteiger partial charge in [-0.2, -0.15) is 0 Å². The first-order chi connectivity index (χ1) is 15.8. The molecule has 174 valence electrons. The van der Waals surface area contributed by atoms with Crippen molar-refractivity contribution in [3.8, 4) is 11.4 Å². The molecule has 1 aromatic heterocycles. The van der Waals surface area contributed by atoms with E-state index in [0.29, 0.717) is 31.6 Å². The fraction of sp³-hybridized carbons (Fsp3) is 0.423. The molecule has 1 saturated heterocycles. The molecule has 3 N–H and O–H groups in total. The zero-order valence-electron chi connectivity index (χ0n) is 18.6. The monoisotopic (exact) mass is 453 g/mol. The number of phenolic OH excluding ortho intramolecular Hbond substituents is 1. The lowest BCUT2D eigenvalue weighted by molar-refractivity contribution is -0.159. The minimum absolute atomic E-state index is 0.0572. The van der Waals surface area contributed by atoms with Gasteiger partial charge in [-0.15, -0.1) is 0 Å². The summed E-state index contributed by atoms with van der Waals surface area (Å²) in [6.07, 6.45) is 2.33. The first-order valence-corrected chi connectivity index (χ1v) is 11.4. The molecule has 0 amide bonds. The molecule has 2 aliphatic rings. The number of rotatable bonds is 5. The minimum Gasteiger partial charge on any atom is -0.508 e. The van der Waals surface area contributed by atoms with Crippen LogP contribution in [0.5, 0.6) is 5.75 Å². The number of fused-ring (bicyclic) bond motifs is 1. The number of benzene rings is 2. The van der Waals surface area contributed by atoms with Crippen molar-refractivity contribution in [2.75, 3.05) is 19.8 Å². The predicted molar refractivity (Wildman–Crippen MR) is 122 cm³/mol. The van der Waals surface area contributed by atoms with E-state index in [1.165, 1.54) is 6.07 Å². The van der Waals surface area contributed by atoms with Crippen LogP contribution in [0.25, 0.3) is 16.6 Å². The van der Waals surface area contributed by atoms with E-state index < -0.39 is 18.0 Å². The van der Waals surface area contributed by atoms with Crippen LogP contribution < -0.4 is 0 Å². The summed E-state index contributed by atoms with van der Waals surface area (Å²) in [6.45, 7) is 2.62. The van der Waals surface area contributed by atoms with Gasteiger partial charge < -0.3 is 24.6 Å². The highest BCUT2D eigenvalue weighted by atomic mass is 19.1. The molecule has 6 nitrogen and oxygen atoms in total. The van der Waals surface area contributed by atoms with Crippen molar-refractivity contribution in [2.24, 2.45) is 5.41 Å². The average Bonchev–Trinajstić information content (AvgIpc) is 3.10. The van der Waals surface area contributed by atoms with Crippen molar-refractivity contribution in [3.05, 3.63) is 59.0 Å². The number of aromatic nitrogens is 1. The van der Waals surface area contributed by atoms with E-state index in [-0.39, 0.29) is 23.4 Å². The van der Waals surface area contributed by atoms with Crippen molar-refractivity contribution in [1.29, 1.82) is 0 Å². The predicted octanol–water partition coefficient (Wildman–Crippen LogP) is 4.62. The van der Waals surface area contributed by atoms with Crippen molar-refractivity contribution >= 4 is 16.9 Å². The number of ether oxygens (including phenoxy) is 1. The van der Waals surface area contributed by atoms with Gasteiger partial charge in [0.05, 0.1) is 17.5 Å². The highest BCUT2D eigenvalue weighted by Crippen LogP contribution is 2.55. The summed E-state index contributed by atoms with van der Waals surface area (Å²) in [7, 11) is 0. The third-order valence-electron chi connectivity index (χ3n) is 7.47. The molecule has 1 aliphatic carbocycles. The molecule has 7 heteroatoms. The van der Waals surface area contributed by atoms with Gasteiger partial charge in [0, 0.05) is 35.9 Å². The number of phenols is 1. The lowest BCUT2D eigenvalue weighted by atomic mass is 9.59. The van der Waals surface area contributed by atoms with Gasteiger partial charge in [0.2, 0.25) is 0 Å². The smallest absolute Gasteiger partial charge is 0.312 e. The Bertz CT molecular complexity index is 1220. The van der Waals surface area contributed by atoms with Crippen molar-refractivity contribution in [3.63, 3.8) is 0 Å². The Morgan fingerprint density at radius 3 is 2.52 bits per heavy atom. The molecule has 3 aromatic rings. The van der Waals surface area contributed by atoms with Crippen LogP contribution in [-0.4, -0.2) is 45.7 Å². The first kappa shape index (κ1) is 21.9. The fourth-order valence-electron chi connectivity index (χ4n) is 5.63. The Morgan fingerprint density at radius 1 is 1.15 bits per heavy atom. The maximum absolute atomic E-state index is 14.1. The van der Waals surface area contributed by atoms with E-state index >= 15 is 0 Å². The Kier molecular flexibility index (Phi) is 5.41. The minimum atomic E-state index is -1.13. The summed E-state index contributed by atoms with van der Waals surface area (Å²) in [4.78, 5) is 11.9. The summed E-state index contributed by atoms with van der Waals surface area (Å²) >= 11 is 0. The molecule has 0 spiro atoms. The third kappa shape index (κ3) is 3.50. The largest absolute Gasteiger partial charge is 0.508 e. The second-order valence-electron chi connectivity index (χ2n) is 9.50. The number of aromatic hydroxyl groups is 1. The highest BCUT2D eigenvalue weighted by molar-refractivity contribution is 5.90. The number of carboxylic acid groups (broad SMARTS) is 1. The summed E-state index contributed by atoms with van der Waals surface area (Å²) in [5.41, 5.74) is 3.25. The van der Waals surface area contributed by atoms with Crippen LogP contribution in [0, 0.1) is 18.2 Å². The van der Waals surface area contributed by atoms with Gasteiger partial charge in [-0.3, -0.25) is 4.79 Å². The van der Waals surface area contributed by atoms with Gasteiger partial charge in [0.15, 0.2) is 0 Å². The molecule has 5 rings (SSSR count). The van der Waals surface area contributed by atoms with Crippen molar-refractivity contribution in [1.82, 2.24) is 4.57 Å². The van der Waals surface area contributed by atoms with E-state index in [4.69, 9.17) is 4.74 Å². The average molecular weight is 454 g/mol. The SMILES string of the molecule is Cc1cc(-n2c(C3CCOCC3)c([C@H]3C[C@@](CO)(C(=O)O)C3)c3cc(O)ccc32)ccc1F. The van der Waals surface area contributed by atoms with Gasteiger partial charge in [-0.1, -0.05) is 0 Å². The number of carbonyl (C=O) groups is 1. The van der Waals surface area contributed by atoms with Crippen LogP contribution in [0.3, 0.4) is 0 Å². The molecule has 1 aliphatic heterocycles. The summed E-state index contributed by atoms with van der Waals surface area (Å²) in [5, 5.41) is 30.7. The Balaban J connectivity index is 1.75. The maximum Gasteiger partial charge on any atom is 0.312 e. The summed E-state index contributed by atoms with van der Waals surface area (Å²) < 4.78 is 21.8. The number of aliphatic hydroxyl groups excluding tert-OH is 1. The number of aliphatic carboxylic acids is 1. The van der Waals surface area contributed by atoms with Gasteiger partial charge in [-0.05, 0) is 86.1 Å². The van der Waals surface area contributed by atoms with Gasteiger partial charge >= 0.3 is 5.97 Å². The number of aryl methyl sites for hydroxylation is 1. The topological polar surface area (TPSA) is 91.9 Å². The Hall–Kier alpha value is -2.90. The highest BCUT2D eigenvalue weighted by Gasteiger charge is 2.52. The molecular weight excluding hydrogens is 425 g/mol. The van der Waals surface area contributed by atoms with Crippen LogP contribution >= 0.6 is 0 Å². The summed E-state index contributed by atoms with van der Waals surface area (Å²) in [5.74, 6) is -0.982. The number of carboxylic acids is 1. The zero-order chi connectivity index (χ0) is 23.3. The Morgan fingerprint density at radius 2 is 1.88 bits per heavy atom. The molecule has 1 saturated carbocycles. The Labute approximate surface area is 191 Å². The van der Waals surface area contributed by atoms with Crippen LogP contribution in [-0.2, 0) is 9.53 Å². The first-order valence-electron chi connectivity index (χ1n) is 11.4. The second-order valence-corrected chi connectivity index (χ2v) is 9.50. The van der Waals surface area contributed by atoms with Crippen LogP contribution in [0.15, 0.2) is 36.4 Å². The van der Waals surface area contributed by atoms with Gasteiger partial charge in [0.25, 0.3) is 0 Å². The van der Waals surface area contributed by atoms with Crippen LogP contribution in [0.2, 0.25) is 0 Å². The zero-order valence-corrected chi connectivity index (χ0v) is 18.6. The molecule has 0 unspecified atom stereocenters. The van der Waals surface area contributed by atoms with E-state index in [9.17, 15) is 24.5 Å². The van der Waals surface area contributed by atoms with Crippen molar-refractivity contribution in [2.45, 2.75) is 44.4 Å². The van der Waals surface area contributed by atoms with Gasteiger partial charge in [-0.25, -0.2) is 4.39 Å². The standard InChI is InChI=1S/C26H28FNO5/c1-15-10-18(2-4-21(15)27)28-22-5-3-19(30)11-20(22)23(24(28)16-6-8-33-9-7-16)17-12-26(13-17,14-29)25(31)32/h2-5,10-11,16-17,29-30H,6-9,12-14H2,1H3,(H,31,32)/t17-,26+. The molecule has 2 fully saturated rings. The number of halogens is 1. The lowest BCUT2D eigenvalue weighted by Crippen LogP contribution is -2.46. The lowest BCUT2D eigenvalue weighted by Gasteiger charge is -2.44. The molecule has 33 heavy (non-hydrogen) atoms. The number of aliphatic hydroxyl groups is 1. The number of hydrogen-bond donors (Lipinski definition) is 3. The van der Waals surface area contributed by atoms with E-state index in [1.54, 1.807) is 25.1 Å². The molecule has 2 heterocycles. The van der Waals surface area contributed by atoms with E-state index in [1.807, 2.05) is 12.1 Å². The maximum atomic E-state index is 14.1. The molecule has 0 radical (unpaired) electrons. The fourth-order valence-corrected chi connectivity index (χ4v) is 5.63. The molecule has 0 atom stereocenters. The van der Waals surface area contributed by atoms with E-state index in [2.05, 4.69) is 4.57 Å². The van der Waals surface area contributed by atoms with E-state index in [0.717, 1.165) is 40.7 Å². The molecule has 2 aromatic carbocycles. The third-order valence-corrected chi connectivity index (χ3v) is 7.47. The normalized spacial score (nSPS) is 23.5. The molecule has 0 bridgehead atoms.